The maximum atomic E-state index is 15.1. The summed E-state index contributed by atoms with van der Waals surface area (Å²) in [6.45, 7) is 0. The smallest absolute Gasteiger partial charge is 0.238 e. The molecule has 6 atom stereocenters. The van der Waals surface area contributed by atoms with Gasteiger partial charge in [0, 0.05) is 37.2 Å². The Morgan fingerprint density at radius 3 is 1.95 bits per heavy atom. The Bertz CT molecular complexity index is 2490. The molecule has 57 heavy (non-hydrogen) atoms. The molecule has 1 heterocycles. The highest BCUT2D eigenvalue weighted by Gasteiger charge is 2.66. The van der Waals surface area contributed by atoms with E-state index in [1.165, 1.54) is 11.0 Å². The van der Waals surface area contributed by atoms with Gasteiger partial charge in [-0.05, 0) is 102 Å². The fraction of sp³-hybridized carbons (Fsp3) is 0.208. The number of aromatic hydroxyl groups is 1. The van der Waals surface area contributed by atoms with Crippen molar-refractivity contribution in [2.75, 3.05) is 23.9 Å². The first-order chi connectivity index (χ1) is 27.7. The molecule has 5 aromatic rings. The van der Waals surface area contributed by atoms with Crippen LogP contribution in [0, 0.1) is 23.7 Å². The van der Waals surface area contributed by atoms with Crippen LogP contribution in [0.2, 0.25) is 0 Å². The quantitative estimate of drug-likeness (QED) is 0.101. The second kappa shape index (κ2) is 14.1. The normalized spacial score (nSPS) is 25.4. The number of phenols is 1. The minimum Gasteiger partial charge on any atom is -0.508 e. The van der Waals surface area contributed by atoms with Crippen LogP contribution in [0.4, 0.5) is 22.7 Å². The molecule has 2 amide bonds. The van der Waals surface area contributed by atoms with Crippen molar-refractivity contribution in [1.29, 1.82) is 0 Å². The number of nitrogens with zero attached hydrogens (tertiary/aromatic N) is 4. The van der Waals surface area contributed by atoms with E-state index >= 15 is 9.59 Å². The molecule has 9 nitrogen and oxygen atoms in total. The molecule has 2 fully saturated rings. The number of Topliss-reactive ketones (excluding diaryl/α,β-unsaturated/α-hetero) is 1. The lowest BCUT2D eigenvalue weighted by atomic mass is 9.44. The van der Waals surface area contributed by atoms with E-state index in [2.05, 4.69) is 10.2 Å². The first-order valence-electron chi connectivity index (χ1n) is 19.2. The minimum atomic E-state index is -1.33. The van der Waals surface area contributed by atoms with Crippen molar-refractivity contribution in [2.24, 2.45) is 33.9 Å². The summed E-state index contributed by atoms with van der Waals surface area (Å²) in [6.07, 6.45) is 4.08. The van der Waals surface area contributed by atoms with Gasteiger partial charge < -0.3 is 10.0 Å². The average molecular weight is 753 g/mol. The van der Waals surface area contributed by atoms with E-state index in [4.69, 9.17) is 0 Å². The first kappa shape index (κ1) is 35.9. The molecule has 0 radical (unpaired) electrons. The molecular weight excluding hydrogens is 713 g/mol. The van der Waals surface area contributed by atoms with Gasteiger partial charge in [0.15, 0.2) is 11.6 Å². The average Bonchev–Trinajstić information content (AvgIpc) is 3.50. The number of rotatable bonds is 7. The Kier molecular flexibility index (Phi) is 8.88. The third kappa shape index (κ3) is 5.84. The van der Waals surface area contributed by atoms with E-state index in [-0.39, 0.29) is 35.6 Å². The van der Waals surface area contributed by atoms with Crippen molar-refractivity contribution in [3.63, 3.8) is 0 Å². The van der Waals surface area contributed by atoms with Gasteiger partial charge in [-0.3, -0.25) is 24.1 Å². The molecule has 5 aromatic carbocycles. The van der Waals surface area contributed by atoms with Crippen LogP contribution in [0.15, 0.2) is 161 Å². The SMILES string of the molecule is CN(C)c1ccc(N=Nc2ccc(N3C(=O)C4CC=C5C(CC6C(=O)C(c7ccccc7)=CC(=O)C6(c6ccccc6)C5c5ccc(O)cc5)C4C3=O)cc2)cc1. The zero-order valence-corrected chi connectivity index (χ0v) is 31.5. The van der Waals surface area contributed by atoms with Crippen molar-refractivity contribution in [3.8, 4) is 5.75 Å². The summed E-state index contributed by atoms with van der Waals surface area (Å²) in [5.74, 6) is -4.22. The van der Waals surface area contributed by atoms with Crippen LogP contribution in [-0.4, -0.2) is 42.6 Å². The molecule has 1 saturated heterocycles. The van der Waals surface area contributed by atoms with Crippen molar-refractivity contribution in [2.45, 2.75) is 24.2 Å². The molecule has 0 aromatic heterocycles. The standard InChI is InChI=1S/C48H40N4O5/c1-51(2)34-19-15-32(16-20-34)49-50-33-17-21-35(22-18-33)52-46(56)38-26-25-37-40(43(38)47(52)57)27-41-45(55)39(29-9-5-3-6-10-29)28-42(54)48(41,31-11-7-4-8-12-31)44(37)30-13-23-36(53)24-14-30/h3-25,28,38,40-41,43-44,53H,26-27H2,1-2H3. The maximum Gasteiger partial charge on any atom is 0.238 e. The minimum absolute atomic E-state index is 0.0739. The van der Waals surface area contributed by atoms with Crippen molar-refractivity contribution in [3.05, 3.63) is 168 Å². The third-order valence-corrected chi connectivity index (χ3v) is 12.4. The summed E-state index contributed by atoms with van der Waals surface area (Å²) in [5, 5.41) is 19.1. The number of fused-ring (bicyclic) bond motifs is 4. The number of allylic oxidation sites excluding steroid dienone is 4. The first-order valence-corrected chi connectivity index (χ1v) is 19.2. The molecule has 0 bridgehead atoms. The third-order valence-electron chi connectivity index (χ3n) is 12.4. The maximum absolute atomic E-state index is 15.1. The molecule has 6 unspecified atom stereocenters. The number of carbonyl (C=O) groups excluding carboxylic acids is 4. The Hall–Kier alpha value is -6.74. The van der Waals surface area contributed by atoms with E-state index in [9.17, 15) is 14.7 Å². The lowest BCUT2D eigenvalue weighted by molar-refractivity contribution is -0.135. The van der Waals surface area contributed by atoms with Crippen LogP contribution < -0.4 is 9.80 Å². The lowest BCUT2D eigenvalue weighted by Gasteiger charge is -2.55. The van der Waals surface area contributed by atoms with Crippen LogP contribution >= 0.6 is 0 Å². The summed E-state index contributed by atoms with van der Waals surface area (Å²) >= 11 is 0. The van der Waals surface area contributed by atoms with Crippen LogP contribution in [0.5, 0.6) is 5.75 Å². The van der Waals surface area contributed by atoms with E-state index in [0.29, 0.717) is 34.6 Å². The summed E-state index contributed by atoms with van der Waals surface area (Å²) in [6, 6.07) is 40.1. The molecule has 4 aliphatic rings. The van der Waals surface area contributed by atoms with Gasteiger partial charge in [0.2, 0.25) is 11.8 Å². The van der Waals surface area contributed by atoms with Crippen LogP contribution in [0.25, 0.3) is 5.57 Å². The largest absolute Gasteiger partial charge is 0.508 e. The van der Waals surface area contributed by atoms with Gasteiger partial charge in [0.1, 0.15) is 5.75 Å². The van der Waals surface area contributed by atoms with Gasteiger partial charge in [0.05, 0.1) is 34.3 Å². The summed E-state index contributed by atoms with van der Waals surface area (Å²) in [7, 11) is 3.94. The van der Waals surface area contributed by atoms with Gasteiger partial charge >= 0.3 is 0 Å². The fourth-order valence-corrected chi connectivity index (χ4v) is 9.77. The number of anilines is 2. The Morgan fingerprint density at radius 2 is 1.32 bits per heavy atom. The number of phenolic OH excluding ortho intramolecular Hbond substituents is 1. The zero-order valence-electron chi connectivity index (χ0n) is 31.5. The molecule has 1 saturated carbocycles. The predicted octanol–water partition coefficient (Wildman–Crippen LogP) is 8.90. The molecule has 3 aliphatic carbocycles. The monoisotopic (exact) mass is 752 g/mol. The Morgan fingerprint density at radius 1 is 0.702 bits per heavy atom. The molecule has 1 aliphatic heterocycles. The molecule has 9 rings (SSSR count). The summed E-state index contributed by atoms with van der Waals surface area (Å²) in [4.78, 5) is 62.5. The van der Waals surface area contributed by atoms with Gasteiger partial charge in [0.25, 0.3) is 0 Å². The number of hydrogen-bond donors (Lipinski definition) is 1. The van der Waals surface area contributed by atoms with Crippen molar-refractivity contribution < 1.29 is 24.3 Å². The van der Waals surface area contributed by atoms with E-state index < -0.39 is 35.0 Å². The van der Waals surface area contributed by atoms with Gasteiger partial charge in [-0.15, -0.1) is 0 Å². The van der Waals surface area contributed by atoms with Gasteiger partial charge in [-0.2, -0.15) is 10.2 Å². The molecule has 0 spiro atoms. The molecule has 9 heteroatoms. The summed E-state index contributed by atoms with van der Waals surface area (Å²) < 4.78 is 0. The number of imide groups is 1. The number of amides is 2. The van der Waals surface area contributed by atoms with Crippen molar-refractivity contribution >= 4 is 51.7 Å². The second-order valence-electron chi connectivity index (χ2n) is 15.5. The number of benzene rings is 5. The second-order valence-corrected chi connectivity index (χ2v) is 15.5. The molecule has 1 N–H and O–H groups in total. The molecular formula is C48H40N4O5. The van der Waals surface area contributed by atoms with Crippen LogP contribution in [0.1, 0.15) is 35.4 Å². The highest BCUT2D eigenvalue weighted by Crippen LogP contribution is 2.63. The predicted molar refractivity (Wildman–Crippen MR) is 219 cm³/mol. The zero-order chi connectivity index (χ0) is 39.4. The topological polar surface area (TPSA) is 120 Å². The Labute approximate surface area is 330 Å². The van der Waals surface area contributed by atoms with Crippen LogP contribution in [0.3, 0.4) is 0 Å². The Balaban J connectivity index is 1.11. The van der Waals surface area contributed by atoms with Gasteiger partial charge in [-0.1, -0.05) is 84.4 Å². The van der Waals surface area contributed by atoms with E-state index in [1.807, 2.05) is 110 Å². The van der Waals surface area contributed by atoms with E-state index in [0.717, 1.165) is 22.4 Å². The number of ketones is 2. The number of carbonyl (C=O) groups is 4. The van der Waals surface area contributed by atoms with Gasteiger partial charge in [-0.25, -0.2) is 0 Å². The number of azo groups is 1. The summed E-state index contributed by atoms with van der Waals surface area (Å²) in [5.41, 5.74) is 4.77. The fourth-order valence-electron chi connectivity index (χ4n) is 9.77. The number of hydrogen-bond acceptors (Lipinski definition) is 8. The van der Waals surface area contributed by atoms with Crippen molar-refractivity contribution in [1.82, 2.24) is 0 Å². The molecule has 282 valence electrons. The van der Waals surface area contributed by atoms with Crippen LogP contribution in [-0.2, 0) is 24.6 Å². The highest BCUT2D eigenvalue weighted by molar-refractivity contribution is 6.32. The lowest BCUT2D eigenvalue weighted by Crippen LogP contribution is -2.58. The highest BCUT2D eigenvalue weighted by atomic mass is 16.3. The van der Waals surface area contributed by atoms with E-state index in [1.54, 1.807) is 48.5 Å².